The number of thiocarbonyl (C=S) groups is 1. The van der Waals surface area contributed by atoms with E-state index in [-0.39, 0.29) is 29.5 Å². The van der Waals surface area contributed by atoms with Crippen molar-refractivity contribution in [3.05, 3.63) is 0 Å². The van der Waals surface area contributed by atoms with E-state index in [2.05, 4.69) is 0 Å². The number of hydrogen-bond donors (Lipinski definition) is 2. The first-order chi connectivity index (χ1) is 8.40. The van der Waals surface area contributed by atoms with E-state index in [0.717, 1.165) is 12.8 Å². The maximum atomic E-state index is 12.5. The van der Waals surface area contributed by atoms with Crippen molar-refractivity contribution >= 4 is 23.1 Å². The number of amides is 1. The molecule has 0 spiro atoms. The van der Waals surface area contributed by atoms with Crippen molar-refractivity contribution in [2.24, 2.45) is 17.6 Å². The summed E-state index contributed by atoms with van der Waals surface area (Å²) >= 11 is 5.00. The first-order valence-electron chi connectivity index (χ1n) is 6.61. The van der Waals surface area contributed by atoms with Gasteiger partial charge in [0.05, 0.1) is 17.5 Å². The maximum absolute atomic E-state index is 12.5. The summed E-state index contributed by atoms with van der Waals surface area (Å²) in [6.07, 6.45) is 1.73. The summed E-state index contributed by atoms with van der Waals surface area (Å²) in [7, 11) is 0. The van der Waals surface area contributed by atoms with Crippen LogP contribution in [0.15, 0.2) is 0 Å². The lowest BCUT2D eigenvalue weighted by molar-refractivity contribution is -0.137. The molecular weight excluding hydrogens is 248 g/mol. The second kappa shape index (κ2) is 8.43. The van der Waals surface area contributed by atoms with Crippen molar-refractivity contribution in [2.45, 2.75) is 46.6 Å². The van der Waals surface area contributed by atoms with Crippen molar-refractivity contribution < 1.29 is 9.90 Å². The Morgan fingerprint density at radius 2 is 1.83 bits per heavy atom. The fraction of sp³-hybridized carbons (Fsp3) is 0.846. The average Bonchev–Trinajstić information content (AvgIpc) is 2.28. The van der Waals surface area contributed by atoms with Gasteiger partial charge in [0, 0.05) is 12.6 Å². The number of carbonyl (C=O) groups is 1. The molecular formula is C13H26N2O2S. The number of carbonyl (C=O) groups excluding carboxylic acids is 1. The van der Waals surface area contributed by atoms with Crippen LogP contribution in [-0.2, 0) is 4.79 Å². The highest BCUT2D eigenvalue weighted by molar-refractivity contribution is 7.80. The highest BCUT2D eigenvalue weighted by atomic mass is 32.1. The fourth-order valence-corrected chi connectivity index (χ4v) is 2.60. The number of nitrogens with zero attached hydrogens (tertiary/aromatic N) is 1. The second-order valence-corrected chi connectivity index (χ2v) is 5.32. The van der Waals surface area contributed by atoms with E-state index in [1.165, 1.54) is 0 Å². The van der Waals surface area contributed by atoms with Crippen LogP contribution in [0, 0.1) is 11.8 Å². The molecule has 106 valence electrons. The third-order valence-electron chi connectivity index (χ3n) is 3.25. The minimum Gasteiger partial charge on any atom is -0.395 e. The molecule has 1 atom stereocenters. The third kappa shape index (κ3) is 4.53. The van der Waals surface area contributed by atoms with Crippen LogP contribution in [0.1, 0.15) is 40.5 Å². The Balaban J connectivity index is 5.09. The molecule has 5 heteroatoms. The minimum atomic E-state index is -0.438. The van der Waals surface area contributed by atoms with Crippen LogP contribution in [0.5, 0.6) is 0 Å². The van der Waals surface area contributed by atoms with E-state index >= 15 is 0 Å². The van der Waals surface area contributed by atoms with Gasteiger partial charge in [-0.1, -0.05) is 39.9 Å². The molecule has 0 aromatic carbocycles. The number of hydrogen-bond acceptors (Lipinski definition) is 3. The van der Waals surface area contributed by atoms with E-state index in [1.54, 1.807) is 4.90 Å². The second-order valence-electron chi connectivity index (χ2n) is 4.85. The molecule has 1 amide bonds. The molecule has 0 bridgehead atoms. The van der Waals surface area contributed by atoms with Crippen LogP contribution < -0.4 is 5.73 Å². The Labute approximate surface area is 116 Å². The van der Waals surface area contributed by atoms with Crippen LogP contribution in [0.2, 0.25) is 0 Å². The summed E-state index contributed by atoms with van der Waals surface area (Å²) in [5, 5.41) is 9.13. The summed E-state index contributed by atoms with van der Waals surface area (Å²) < 4.78 is 0. The van der Waals surface area contributed by atoms with Gasteiger partial charge < -0.3 is 15.7 Å². The summed E-state index contributed by atoms with van der Waals surface area (Å²) in [6, 6.07) is 0.139. The van der Waals surface area contributed by atoms with Gasteiger partial charge in [-0.2, -0.15) is 0 Å². The Morgan fingerprint density at radius 3 is 2.11 bits per heavy atom. The zero-order chi connectivity index (χ0) is 14.3. The summed E-state index contributed by atoms with van der Waals surface area (Å²) in [5.74, 6) is -0.419. The summed E-state index contributed by atoms with van der Waals surface area (Å²) in [4.78, 5) is 14.5. The van der Waals surface area contributed by atoms with E-state index in [1.807, 2.05) is 27.7 Å². The molecule has 0 saturated carbocycles. The highest BCUT2D eigenvalue weighted by Crippen LogP contribution is 2.19. The largest absolute Gasteiger partial charge is 0.395 e. The van der Waals surface area contributed by atoms with Gasteiger partial charge in [-0.3, -0.25) is 4.79 Å². The van der Waals surface area contributed by atoms with Gasteiger partial charge in [-0.25, -0.2) is 0 Å². The first-order valence-corrected chi connectivity index (χ1v) is 7.02. The topological polar surface area (TPSA) is 66.6 Å². The lowest BCUT2D eigenvalue weighted by Gasteiger charge is -2.34. The quantitative estimate of drug-likeness (QED) is 0.659. The monoisotopic (exact) mass is 274 g/mol. The van der Waals surface area contributed by atoms with Crippen molar-refractivity contribution in [1.29, 1.82) is 0 Å². The van der Waals surface area contributed by atoms with Crippen molar-refractivity contribution in [3.63, 3.8) is 0 Å². The molecule has 4 nitrogen and oxygen atoms in total. The molecule has 1 unspecified atom stereocenters. The molecule has 0 heterocycles. The standard InChI is InChI=1S/C13H26N2O2S/c1-5-10(6-2)15(7-8-16)13(17)11(9(3)4)12(14)18/h9-11,16H,5-8H2,1-4H3,(H2,14,18). The smallest absolute Gasteiger partial charge is 0.233 e. The predicted octanol–water partition coefficient (Wildman–Crippen LogP) is 1.55. The summed E-state index contributed by atoms with van der Waals surface area (Å²) in [6.45, 7) is 8.26. The molecule has 0 aliphatic heterocycles. The fourth-order valence-electron chi connectivity index (χ4n) is 2.22. The van der Waals surface area contributed by atoms with Gasteiger partial charge in [0.25, 0.3) is 0 Å². The molecule has 3 N–H and O–H groups in total. The molecule has 0 aliphatic rings. The van der Waals surface area contributed by atoms with Crippen LogP contribution in [0.25, 0.3) is 0 Å². The van der Waals surface area contributed by atoms with Gasteiger partial charge in [-0.05, 0) is 18.8 Å². The highest BCUT2D eigenvalue weighted by Gasteiger charge is 2.31. The van der Waals surface area contributed by atoms with Crippen molar-refractivity contribution in [1.82, 2.24) is 4.90 Å². The van der Waals surface area contributed by atoms with Gasteiger partial charge in [-0.15, -0.1) is 0 Å². The molecule has 0 rings (SSSR count). The lowest BCUT2D eigenvalue weighted by atomic mass is 9.93. The Morgan fingerprint density at radius 1 is 1.33 bits per heavy atom. The number of aliphatic hydroxyl groups is 1. The molecule has 18 heavy (non-hydrogen) atoms. The molecule has 0 radical (unpaired) electrons. The van der Waals surface area contributed by atoms with Gasteiger partial charge >= 0.3 is 0 Å². The predicted molar refractivity (Wildman–Crippen MR) is 78.3 cm³/mol. The van der Waals surface area contributed by atoms with Crippen LogP contribution in [0.4, 0.5) is 0 Å². The van der Waals surface area contributed by atoms with Crippen LogP contribution in [0.3, 0.4) is 0 Å². The van der Waals surface area contributed by atoms with E-state index < -0.39 is 5.92 Å². The molecule has 0 aromatic heterocycles. The maximum Gasteiger partial charge on any atom is 0.233 e. The minimum absolute atomic E-state index is 0.0373. The van der Waals surface area contributed by atoms with E-state index in [9.17, 15) is 4.79 Å². The Bertz CT molecular complexity index is 278. The number of nitrogens with two attached hydrogens (primary N) is 1. The summed E-state index contributed by atoms with van der Waals surface area (Å²) in [5.41, 5.74) is 5.68. The Hall–Kier alpha value is -0.680. The van der Waals surface area contributed by atoms with Gasteiger partial charge in [0.1, 0.15) is 0 Å². The molecule has 0 saturated heterocycles. The van der Waals surface area contributed by atoms with E-state index in [0.29, 0.717) is 6.54 Å². The van der Waals surface area contributed by atoms with Gasteiger partial charge in [0.2, 0.25) is 5.91 Å². The third-order valence-corrected chi connectivity index (χ3v) is 3.50. The lowest BCUT2D eigenvalue weighted by Crippen LogP contribution is -2.49. The molecule has 0 fully saturated rings. The SMILES string of the molecule is CCC(CC)N(CCO)C(=O)C(C(N)=S)C(C)C. The Kier molecular flexibility index (Phi) is 8.11. The number of rotatable bonds is 8. The zero-order valence-corrected chi connectivity index (χ0v) is 12.7. The first kappa shape index (κ1) is 17.3. The van der Waals surface area contributed by atoms with Crippen LogP contribution >= 0.6 is 12.2 Å². The van der Waals surface area contributed by atoms with Gasteiger partial charge in [0.15, 0.2) is 0 Å². The van der Waals surface area contributed by atoms with Crippen molar-refractivity contribution in [3.8, 4) is 0 Å². The van der Waals surface area contributed by atoms with Crippen LogP contribution in [-0.4, -0.2) is 40.1 Å². The molecule has 0 aliphatic carbocycles. The molecule has 0 aromatic rings. The normalized spacial score (nSPS) is 12.8. The van der Waals surface area contributed by atoms with Crippen molar-refractivity contribution in [2.75, 3.05) is 13.2 Å². The number of aliphatic hydroxyl groups excluding tert-OH is 1. The average molecular weight is 274 g/mol. The van der Waals surface area contributed by atoms with E-state index in [4.69, 9.17) is 23.1 Å². The zero-order valence-electron chi connectivity index (χ0n) is 11.8.